The largest absolute Gasteiger partial charge is 0.381 e. The average molecular weight is 348 g/mol. The van der Waals surface area contributed by atoms with Gasteiger partial charge in [-0.3, -0.25) is 0 Å². The number of amides is 2. The van der Waals surface area contributed by atoms with E-state index in [0.717, 1.165) is 23.3 Å². The van der Waals surface area contributed by atoms with Gasteiger partial charge in [0.2, 0.25) is 0 Å². The van der Waals surface area contributed by atoms with Crippen LogP contribution in [0.3, 0.4) is 0 Å². The summed E-state index contributed by atoms with van der Waals surface area (Å²) in [6, 6.07) is 10.3. The Morgan fingerprint density at radius 1 is 1.17 bits per heavy atom. The minimum absolute atomic E-state index is 0.184. The smallest absolute Gasteiger partial charge is 0.315 e. The minimum atomic E-state index is -0.248. The lowest BCUT2D eigenvalue weighted by molar-refractivity contribution is 0.0506. The number of rotatable bonds is 5. The Morgan fingerprint density at radius 3 is 2.58 bits per heavy atom. The summed E-state index contributed by atoms with van der Waals surface area (Å²) < 4.78 is 18.7. The molecule has 0 unspecified atom stereocenters. The van der Waals surface area contributed by atoms with Crippen LogP contribution in [0.4, 0.5) is 9.18 Å². The number of carbonyl (C=O) groups is 1. The van der Waals surface area contributed by atoms with Crippen molar-refractivity contribution in [2.45, 2.75) is 24.8 Å². The lowest BCUT2D eigenvalue weighted by Crippen LogP contribution is -2.47. The van der Waals surface area contributed by atoms with Crippen LogP contribution in [0.15, 0.2) is 41.8 Å². The summed E-state index contributed by atoms with van der Waals surface area (Å²) >= 11 is 1.61. The number of hydrogen-bond donors (Lipinski definition) is 2. The summed E-state index contributed by atoms with van der Waals surface area (Å²) in [7, 11) is 0. The van der Waals surface area contributed by atoms with Gasteiger partial charge < -0.3 is 15.4 Å². The first-order valence-electron chi connectivity index (χ1n) is 8.06. The highest BCUT2D eigenvalue weighted by Gasteiger charge is 2.34. The van der Waals surface area contributed by atoms with Crippen LogP contribution in [0.5, 0.6) is 0 Å². The van der Waals surface area contributed by atoms with Gasteiger partial charge in [0.15, 0.2) is 0 Å². The highest BCUT2D eigenvalue weighted by molar-refractivity contribution is 7.09. The fourth-order valence-corrected chi connectivity index (χ4v) is 3.67. The fraction of sp³-hybridized carbons (Fsp3) is 0.389. The second-order valence-corrected chi connectivity index (χ2v) is 7.05. The molecule has 24 heavy (non-hydrogen) atoms. The summed E-state index contributed by atoms with van der Waals surface area (Å²) in [5.41, 5.74) is 0.845. The van der Waals surface area contributed by atoms with Crippen LogP contribution >= 0.6 is 11.3 Å². The Morgan fingerprint density at radius 2 is 1.92 bits per heavy atom. The SMILES string of the molecule is O=C(NCc1cccs1)NCC1(c2ccc(F)cc2)CCOCC1. The predicted molar refractivity (Wildman–Crippen MR) is 92.7 cm³/mol. The first-order chi connectivity index (χ1) is 11.7. The molecule has 6 heteroatoms. The standard InChI is InChI=1S/C18H21FN2O2S/c19-15-5-3-14(4-6-15)18(7-9-23-10-8-18)13-21-17(22)20-12-16-2-1-11-24-16/h1-6,11H,7-10,12-13H2,(H2,20,21,22). The summed E-state index contributed by atoms with van der Waals surface area (Å²) in [5.74, 6) is -0.248. The van der Waals surface area contributed by atoms with Crippen LogP contribution in [0.1, 0.15) is 23.3 Å². The van der Waals surface area contributed by atoms with Gasteiger partial charge in [-0.1, -0.05) is 18.2 Å². The van der Waals surface area contributed by atoms with Gasteiger partial charge in [0.1, 0.15) is 5.82 Å². The molecule has 128 valence electrons. The van der Waals surface area contributed by atoms with Crippen LogP contribution in [0.2, 0.25) is 0 Å². The molecule has 3 rings (SSSR count). The highest BCUT2D eigenvalue weighted by atomic mass is 32.1. The van der Waals surface area contributed by atoms with Crippen molar-refractivity contribution in [1.29, 1.82) is 0 Å². The maximum absolute atomic E-state index is 13.2. The maximum atomic E-state index is 13.2. The Hall–Kier alpha value is -1.92. The maximum Gasteiger partial charge on any atom is 0.315 e. The number of hydrogen-bond acceptors (Lipinski definition) is 3. The number of carbonyl (C=O) groups excluding carboxylic acids is 1. The summed E-state index contributed by atoms with van der Waals surface area (Å²) in [4.78, 5) is 13.2. The molecule has 1 aromatic heterocycles. The van der Waals surface area contributed by atoms with Gasteiger partial charge in [-0.15, -0.1) is 11.3 Å². The first-order valence-corrected chi connectivity index (χ1v) is 8.94. The number of urea groups is 1. The molecule has 1 aliphatic heterocycles. The molecule has 0 bridgehead atoms. The second kappa shape index (κ2) is 7.77. The van der Waals surface area contributed by atoms with E-state index in [4.69, 9.17) is 4.74 Å². The zero-order valence-corrected chi connectivity index (χ0v) is 14.2. The van der Waals surface area contributed by atoms with Gasteiger partial charge in [-0.05, 0) is 42.0 Å². The highest BCUT2D eigenvalue weighted by Crippen LogP contribution is 2.34. The molecule has 1 aliphatic rings. The van der Waals surface area contributed by atoms with E-state index in [0.29, 0.717) is 26.3 Å². The molecule has 1 fully saturated rings. The molecule has 0 spiro atoms. The first kappa shape index (κ1) is 16.9. The molecule has 4 nitrogen and oxygen atoms in total. The molecule has 2 aromatic rings. The molecule has 1 saturated heterocycles. The van der Waals surface area contributed by atoms with Gasteiger partial charge in [-0.2, -0.15) is 0 Å². The van der Waals surface area contributed by atoms with E-state index in [1.54, 1.807) is 11.3 Å². The molecular weight excluding hydrogens is 327 g/mol. The summed E-state index contributed by atoms with van der Waals surface area (Å²) in [6.45, 7) is 2.33. The van der Waals surface area contributed by atoms with E-state index in [1.165, 1.54) is 12.1 Å². The van der Waals surface area contributed by atoms with E-state index in [2.05, 4.69) is 10.6 Å². The van der Waals surface area contributed by atoms with Crippen molar-refractivity contribution in [1.82, 2.24) is 10.6 Å². The molecular formula is C18H21FN2O2S. The molecule has 2 amide bonds. The third-order valence-corrected chi connectivity index (χ3v) is 5.37. The van der Waals surface area contributed by atoms with Crippen LogP contribution in [-0.4, -0.2) is 25.8 Å². The van der Waals surface area contributed by atoms with Gasteiger partial charge in [-0.25, -0.2) is 9.18 Å². The average Bonchev–Trinajstić information content (AvgIpc) is 3.13. The molecule has 2 heterocycles. The van der Waals surface area contributed by atoms with E-state index >= 15 is 0 Å². The summed E-state index contributed by atoms with van der Waals surface area (Å²) in [5, 5.41) is 7.83. The lowest BCUT2D eigenvalue weighted by Gasteiger charge is -2.38. The number of thiophene rings is 1. The van der Waals surface area contributed by atoms with Crippen molar-refractivity contribution < 1.29 is 13.9 Å². The van der Waals surface area contributed by atoms with Crippen molar-refractivity contribution in [3.05, 3.63) is 58.0 Å². The van der Waals surface area contributed by atoms with E-state index < -0.39 is 0 Å². The zero-order valence-electron chi connectivity index (χ0n) is 13.4. The Labute approximate surface area is 145 Å². The predicted octanol–water partition coefficient (Wildman–Crippen LogP) is 3.43. The van der Waals surface area contributed by atoms with Crippen LogP contribution in [-0.2, 0) is 16.7 Å². The van der Waals surface area contributed by atoms with Crippen molar-refractivity contribution in [3.8, 4) is 0 Å². The van der Waals surface area contributed by atoms with E-state index in [9.17, 15) is 9.18 Å². The monoisotopic (exact) mass is 348 g/mol. The van der Waals surface area contributed by atoms with Gasteiger partial charge in [0.05, 0.1) is 6.54 Å². The Kier molecular flexibility index (Phi) is 5.48. The van der Waals surface area contributed by atoms with Crippen LogP contribution in [0.25, 0.3) is 0 Å². The van der Waals surface area contributed by atoms with Crippen molar-refractivity contribution in [2.75, 3.05) is 19.8 Å². The number of halogens is 1. The van der Waals surface area contributed by atoms with E-state index in [1.807, 2.05) is 29.6 Å². The van der Waals surface area contributed by atoms with Crippen molar-refractivity contribution in [3.63, 3.8) is 0 Å². The van der Waals surface area contributed by atoms with E-state index in [-0.39, 0.29) is 17.3 Å². The topological polar surface area (TPSA) is 50.4 Å². The lowest BCUT2D eigenvalue weighted by atomic mass is 9.74. The molecule has 1 aromatic carbocycles. The molecule has 0 atom stereocenters. The number of ether oxygens (including phenoxy) is 1. The van der Waals surface area contributed by atoms with Crippen LogP contribution < -0.4 is 10.6 Å². The van der Waals surface area contributed by atoms with Gasteiger partial charge >= 0.3 is 6.03 Å². The molecule has 0 aliphatic carbocycles. The molecule has 0 saturated carbocycles. The van der Waals surface area contributed by atoms with Gasteiger partial charge in [0, 0.05) is 30.1 Å². The Balaban J connectivity index is 1.62. The molecule has 2 N–H and O–H groups in total. The second-order valence-electron chi connectivity index (χ2n) is 6.02. The fourth-order valence-electron chi connectivity index (χ4n) is 3.03. The zero-order chi connectivity index (χ0) is 16.8. The normalized spacial score (nSPS) is 16.5. The number of nitrogens with one attached hydrogen (secondary N) is 2. The van der Waals surface area contributed by atoms with Crippen molar-refractivity contribution >= 4 is 17.4 Å². The molecule has 0 radical (unpaired) electrons. The third kappa shape index (κ3) is 4.13. The Bertz CT molecular complexity index is 652. The van der Waals surface area contributed by atoms with Crippen molar-refractivity contribution in [2.24, 2.45) is 0 Å². The van der Waals surface area contributed by atoms with Crippen LogP contribution in [0, 0.1) is 5.82 Å². The third-order valence-electron chi connectivity index (χ3n) is 4.50. The number of benzene rings is 1. The summed E-state index contributed by atoms with van der Waals surface area (Å²) in [6.07, 6.45) is 1.62. The van der Waals surface area contributed by atoms with Gasteiger partial charge in [0.25, 0.3) is 0 Å². The minimum Gasteiger partial charge on any atom is -0.381 e. The quantitative estimate of drug-likeness (QED) is 0.870.